The van der Waals surface area contributed by atoms with E-state index in [4.69, 9.17) is 4.43 Å². The van der Waals surface area contributed by atoms with Crippen molar-refractivity contribution in [2.45, 2.75) is 45.0 Å². The van der Waals surface area contributed by atoms with Gasteiger partial charge in [0.1, 0.15) is 0 Å². The molecule has 23 heavy (non-hydrogen) atoms. The molecule has 1 atom stereocenters. The Bertz CT molecular complexity index is 634. The van der Waals surface area contributed by atoms with E-state index in [2.05, 4.69) is 98.6 Å². The van der Waals surface area contributed by atoms with Crippen LogP contribution in [0, 0.1) is 0 Å². The van der Waals surface area contributed by atoms with Crippen LogP contribution in [0.2, 0.25) is 5.04 Å². The van der Waals surface area contributed by atoms with Crippen molar-refractivity contribution in [3.8, 4) is 0 Å². The molecule has 1 aliphatic rings. The normalized spacial score (nSPS) is 16.3. The van der Waals surface area contributed by atoms with Crippen LogP contribution in [-0.4, -0.2) is 20.6 Å². The summed E-state index contributed by atoms with van der Waals surface area (Å²) < 4.78 is 6.85. The molecule has 0 saturated carbocycles. The van der Waals surface area contributed by atoms with Crippen molar-refractivity contribution in [3.63, 3.8) is 0 Å². The lowest BCUT2D eigenvalue weighted by Gasteiger charge is -2.44. The topological polar surface area (TPSA) is 34.0 Å². The Morgan fingerprint density at radius 1 is 0.870 bits per heavy atom. The van der Waals surface area contributed by atoms with E-state index >= 15 is 0 Å². The first-order valence-corrected chi connectivity index (χ1v) is 10.0. The Labute approximate surface area is 139 Å². The second kappa shape index (κ2) is 6.02. The summed E-state index contributed by atoms with van der Waals surface area (Å²) in [6, 6.07) is 21.4. The largest absolute Gasteiger partial charge is 0.400 e. The van der Waals surface area contributed by atoms with Gasteiger partial charge in [0, 0.05) is 0 Å². The first-order valence-electron chi connectivity index (χ1n) is 8.14. The zero-order valence-corrected chi connectivity index (χ0v) is 15.2. The summed E-state index contributed by atoms with van der Waals surface area (Å²) in [5.74, 6) is 0. The molecule has 0 amide bonds. The van der Waals surface area contributed by atoms with E-state index in [1.807, 2.05) is 0 Å². The van der Waals surface area contributed by atoms with Gasteiger partial charge in [0.2, 0.25) is 6.17 Å². The maximum atomic E-state index is 6.85. The van der Waals surface area contributed by atoms with Crippen molar-refractivity contribution in [3.05, 3.63) is 60.7 Å². The smallest absolute Gasteiger partial charge is 0.261 e. The van der Waals surface area contributed by atoms with Crippen molar-refractivity contribution in [1.29, 1.82) is 0 Å². The zero-order valence-electron chi connectivity index (χ0n) is 14.2. The third-order valence-electron chi connectivity index (χ3n) is 4.45. The Morgan fingerprint density at radius 2 is 1.30 bits per heavy atom. The SMILES string of the molecule is CC(O[Si](c1ccccc1)(c1ccccc1)C(C)(C)C)C1N=N1. The average molecular weight is 325 g/mol. The molecule has 3 rings (SSSR count). The molecule has 1 heterocycles. The molecule has 4 heteroatoms. The second-order valence-electron chi connectivity index (χ2n) is 7.13. The molecule has 0 aromatic heterocycles. The predicted octanol–water partition coefficient (Wildman–Crippen LogP) is 3.74. The molecule has 2 aromatic rings. The third kappa shape index (κ3) is 3.01. The van der Waals surface area contributed by atoms with Gasteiger partial charge in [-0.2, -0.15) is 10.2 Å². The van der Waals surface area contributed by atoms with E-state index in [1.54, 1.807) is 0 Å². The highest BCUT2D eigenvalue weighted by atomic mass is 28.4. The van der Waals surface area contributed by atoms with Gasteiger partial charge in [-0.3, -0.25) is 0 Å². The highest BCUT2D eigenvalue weighted by Crippen LogP contribution is 2.38. The number of hydrogen-bond acceptors (Lipinski definition) is 3. The van der Waals surface area contributed by atoms with Crippen LogP contribution >= 0.6 is 0 Å². The molecule has 0 aliphatic carbocycles. The average Bonchev–Trinajstić information content (AvgIpc) is 3.38. The molecule has 3 nitrogen and oxygen atoms in total. The van der Waals surface area contributed by atoms with Crippen molar-refractivity contribution in [1.82, 2.24) is 0 Å². The van der Waals surface area contributed by atoms with Gasteiger partial charge in [-0.15, -0.1) is 0 Å². The van der Waals surface area contributed by atoms with Crippen molar-refractivity contribution in [2.24, 2.45) is 10.2 Å². The lowest BCUT2D eigenvalue weighted by atomic mass is 10.2. The van der Waals surface area contributed by atoms with Gasteiger partial charge < -0.3 is 4.43 Å². The minimum Gasteiger partial charge on any atom is -0.400 e. The summed E-state index contributed by atoms with van der Waals surface area (Å²) in [5, 5.41) is 10.7. The molecule has 2 aromatic carbocycles. The summed E-state index contributed by atoms with van der Waals surface area (Å²) in [5.41, 5.74) is 0. The van der Waals surface area contributed by atoms with Crippen LogP contribution in [0.4, 0.5) is 0 Å². The quantitative estimate of drug-likeness (QED) is 0.771. The van der Waals surface area contributed by atoms with E-state index in [0.29, 0.717) is 0 Å². The minimum atomic E-state index is -2.46. The minimum absolute atomic E-state index is 0.00113. The van der Waals surface area contributed by atoms with Crippen LogP contribution in [0.15, 0.2) is 70.9 Å². The number of benzene rings is 2. The highest BCUT2D eigenvalue weighted by molar-refractivity contribution is 6.99. The number of rotatable bonds is 5. The molecule has 0 spiro atoms. The third-order valence-corrected chi connectivity index (χ3v) is 9.58. The van der Waals surface area contributed by atoms with E-state index in [0.717, 1.165) is 0 Å². The monoisotopic (exact) mass is 324 g/mol. The number of hydrogen-bond donors (Lipinski definition) is 0. The van der Waals surface area contributed by atoms with E-state index in [1.165, 1.54) is 10.4 Å². The van der Waals surface area contributed by atoms with Gasteiger partial charge in [0.05, 0.1) is 6.10 Å². The molecule has 0 bridgehead atoms. The van der Waals surface area contributed by atoms with Gasteiger partial charge in [-0.25, -0.2) is 0 Å². The predicted molar refractivity (Wildman–Crippen MR) is 96.8 cm³/mol. The van der Waals surface area contributed by atoms with Crippen molar-refractivity contribution < 1.29 is 4.43 Å². The van der Waals surface area contributed by atoms with Crippen LogP contribution in [0.5, 0.6) is 0 Å². The molecule has 120 valence electrons. The highest BCUT2D eigenvalue weighted by Gasteiger charge is 2.52. The molecule has 0 saturated heterocycles. The first kappa shape index (κ1) is 16.1. The molecular weight excluding hydrogens is 300 g/mol. The molecule has 0 fully saturated rings. The van der Waals surface area contributed by atoms with Gasteiger partial charge >= 0.3 is 0 Å². The summed E-state index contributed by atoms with van der Waals surface area (Å²) >= 11 is 0. The summed E-state index contributed by atoms with van der Waals surface area (Å²) in [7, 11) is -2.46. The fraction of sp³-hybridized carbons (Fsp3) is 0.368. The maximum Gasteiger partial charge on any atom is 0.261 e. The maximum absolute atomic E-state index is 6.85. The van der Waals surface area contributed by atoms with E-state index in [-0.39, 0.29) is 17.3 Å². The Kier molecular flexibility index (Phi) is 4.21. The molecule has 0 N–H and O–H groups in total. The standard InChI is InChI=1S/C19H24N2OSi/c1-15(18-20-21-18)22-23(19(2,3)4,16-11-7-5-8-12-16)17-13-9-6-10-14-17/h5-15,18H,1-4H3. The molecule has 1 unspecified atom stereocenters. The van der Waals surface area contributed by atoms with Crippen molar-refractivity contribution in [2.75, 3.05) is 0 Å². The summed E-state index contributed by atoms with van der Waals surface area (Å²) in [4.78, 5) is 0. The lowest BCUT2D eigenvalue weighted by Crippen LogP contribution is -2.67. The second-order valence-corrected chi connectivity index (χ2v) is 11.4. The Hall–Kier alpha value is -1.78. The first-order chi connectivity index (χ1) is 10.9. The fourth-order valence-electron chi connectivity index (χ4n) is 3.26. The van der Waals surface area contributed by atoms with Crippen LogP contribution in [-0.2, 0) is 4.43 Å². The van der Waals surface area contributed by atoms with Gasteiger partial charge in [-0.05, 0) is 22.3 Å². The zero-order chi connectivity index (χ0) is 16.5. The number of nitrogens with zero attached hydrogens (tertiary/aromatic N) is 2. The lowest BCUT2D eigenvalue weighted by molar-refractivity contribution is 0.201. The summed E-state index contributed by atoms with van der Waals surface area (Å²) in [6.45, 7) is 8.94. The Morgan fingerprint density at radius 3 is 1.65 bits per heavy atom. The van der Waals surface area contributed by atoms with Gasteiger partial charge in [0.15, 0.2) is 0 Å². The molecular formula is C19H24N2OSi. The summed E-state index contributed by atoms with van der Waals surface area (Å²) in [6.07, 6.45) is -0.00189. The van der Waals surface area contributed by atoms with Gasteiger partial charge in [0.25, 0.3) is 8.32 Å². The van der Waals surface area contributed by atoms with Crippen LogP contribution < -0.4 is 10.4 Å². The van der Waals surface area contributed by atoms with Crippen LogP contribution in [0.25, 0.3) is 0 Å². The Balaban J connectivity index is 2.16. The van der Waals surface area contributed by atoms with Crippen molar-refractivity contribution >= 4 is 18.7 Å². The van der Waals surface area contributed by atoms with Crippen LogP contribution in [0.1, 0.15) is 27.7 Å². The van der Waals surface area contributed by atoms with E-state index in [9.17, 15) is 0 Å². The van der Waals surface area contributed by atoms with E-state index < -0.39 is 8.32 Å². The van der Waals surface area contributed by atoms with Gasteiger partial charge in [-0.1, -0.05) is 81.4 Å². The fourth-order valence-corrected chi connectivity index (χ4v) is 7.95. The van der Waals surface area contributed by atoms with Crippen LogP contribution in [0.3, 0.4) is 0 Å². The molecule has 0 radical (unpaired) electrons. The molecule has 1 aliphatic heterocycles.